The van der Waals surface area contributed by atoms with Gasteiger partial charge in [-0.05, 0) is 45.4 Å². The number of aliphatic carboxylic acids is 1. The zero-order valence-electron chi connectivity index (χ0n) is 9.03. The van der Waals surface area contributed by atoms with Crippen LogP contribution in [0.1, 0.15) is 39.5 Å². The van der Waals surface area contributed by atoms with Crippen LogP contribution in [0, 0.1) is 11.8 Å². The molecule has 0 heterocycles. The molecule has 0 saturated heterocycles. The largest absolute Gasteiger partial charge is 0.481 e. The molecule has 0 aromatic carbocycles. The van der Waals surface area contributed by atoms with Gasteiger partial charge in [0.1, 0.15) is 0 Å². The summed E-state index contributed by atoms with van der Waals surface area (Å²) in [5, 5.41) is 8.81. The predicted molar refractivity (Wildman–Crippen MR) is 54.2 cm³/mol. The Morgan fingerprint density at radius 3 is 2.36 bits per heavy atom. The second kappa shape index (κ2) is 5.35. The van der Waals surface area contributed by atoms with E-state index in [9.17, 15) is 4.79 Å². The van der Waals surface area contributed by atoms with Gasteiger partial charge < -0.3 is 9.84 Å². The van der Waals surface area contributed by atoms with Crippen LogP contribution in [-0.4, -0.2) is 23.8 Å². The van der Waals surface area contributed by atoms with Crippen LogP contribution < -0.4 is 0 Å². The summed E-state index contributed by atoms with van der Waals surface area (Å²) in [6.07, 6.45) is 3.93. The van der Waals surface area contributed by atoms with Gasteiger partial charge in [-0.2, -0.15) is 0 Å². The average Bonchev–Trinajstić information content (AvgIpc) is 2.15. The Morgan fingerprint density at radius 1 is 1.36 bits per heavy atom. The number of carboxylic acids is 1. The van der Waals surface area contributed by atoms with Gasteiger partial charge >= 0.3 is 5.97 Å². The first-order valence-corrected chi connectivity index (χ1v) is 5.44. The third-order valence-electron chi connectivity index (χ3n) is 2.86. The van der Waals surface area contributed by atoms with Gasteiger partial charge in [-0.3, -0.25) is 4.79 Å². The Balaban J connectivity index is 2.19. The van der Waals surface area contributed by atoms with Gasteiger partial charge in [0.2, 0.25) is 0 Å². The summed E-state index contributed by atoms with van der Waals surface area (Å²) in [6.45, 7) is 4.86. The maximum Gasteiger partial charge on any atom is 0.306 e. The molecule has 0 aromatic rings. The molecular formula is C11H20O3. The first-order valence-electron chi connectivity index (χ1n) is 5.44. The lowest BCUT2D eigenvalue weighted by molar-refractivity contribution is -0.143. The van der Waals surface area contributed by atoms with Crippen molar-refractivity contribution >= 4 is 5.97 Å². The molecule has 82 valence electrons. The van der Waals surface area contributed by atoms with Crippen LogP contribution in [0.2, 0.25) is 0 Å². The van der Waals surface area contributed by atoms with Gasteiger partial charge in [0, 0.05) is 6.61 Å². The van der Waals surface area contributed by atoms with Crippen molar-refractivity contribution in [3.63, 3.8) is 0 Å². The minimum Gasteiger partial charge on any atom is -0.481 e. The Bertz CT molecular complexity index is 181. The summed E-state index contributed by atoms with van der Waals surface area (Å²) in [4.78, 5) is 10.7. The first kappa shape index (κ1) is 11.5. The monoisotopic (exact) mass is 200 g/mol. The highest BCUT2D eigenvalue weighted by atomic mass is 16.5. The molecule has 1 rings (SSSR count). The van der Waals surface area contributed by atoms with E-state index in [1.165, 1.54) is 0 Å². The second-order valence-corrected chi connectivity index (χ2v) is 4.44. The zero-order chi connectivity index (χ0) is 10.6. The van der Waals surface area contributed by atoms with Crippen LogP contribution >= 0.6 is 0 Å². The fraction of sp³-hybridized carbons (Fsp3) is 0.909. The maximum atomic E-state index is 10.7. The molecule has 0 aliphatic heterocycles. The van der Waals surface area contributed by atoms with Gasteiger partial charge in [0.15, 0.2) is 0 Å². The summed E-state index contributed by atoms with van der Waals surface area (Å²) >= 11 is 0. The molecule has 1 aliphatic carbocycles. The molecular weight excluding hydrogens is 180 g/mol. The van der Waals surface area contributed by atoms with Crippen molar-refractivity contribution in [1.29, 1.82) is 0 Å². The van der Waals surface area contributed by atoms with E-state index in [1.54, 1.807) is 0 Å². The van der Waals surface area contributed by atoms with Crippen molar-refractivity contribution in [3.05, 3.63) is 0 Å². The molecule has 1 saturated carbocycles. The van der Waals surface area contributed by atoms with Crippen molar-refractivity contribution in [2.45, 2.75) is 45.6 Å². The van der Waals surface area contributed by atoms with Crippen LogP contribution in [0.25, 0.3) is 0 Å². The smallest absolute Gasteiger partial charge is 0.306 e. The van der Waals surface area contributed by atoms with E-state index >= 15 is 0 Å². The molecule has 0 radical (unpaired) electrons. The van der Waals surface area contributed by atoms with Gasteiger partial charge in [0.05, 0.1) is 12.0 Å². The van der Waals surface area contributed by atoms with E-state index < -0.39 is 5.97 Å². The summed E-state index contributed by atoms with van der Waals surface area (Å²) in [5.41, 5.74) is 0. The Morgan fingerprint density at radius 2 is 1.93 bits per heavy atom. The molecule has 1 aliphatic rings. The molecule has 3 heteroatoms. The van der Waals surface area contributed by atoms with E-state index in [4.69, 9.17) is 9.84 Å². The van der Waals surface area contributed by atoms with Crippen LogP contribution in [0.3, 0.4) is 0 Å². The third kappa shape index (κ3) is 3.66. The Labute approximate surface area is 85.5 Å². The quantitative estimate of drug-likeness (QED) is 0.757. The fourth-order valence-corrected chi connectivity index (χ4v) is 1.90. The molecule has 0 amide bonds. The summed E-state index contributed by atoms with van der Waals surface area (Å²) < 4.78 is 5.53. The van der Waals surface area contributed by atoms with Gasteiger partial charge in [0.25, 0.3) is 0 Å². The normalized spacial score (nSPS) is 27.9. The highest BCUT2D eigenvalue weighted by molar-refractivity contribution is 5.69. The summed E-state index contributed by atoms with van der Waals surface area (Å²) in [7, 11) is 0. The zero-order valence-corrected chi connectivity index (χ0v) is 9.03. The highest BCUT2D eigenvalue weighted by Crippen LogP contribution is 2.29. The average molecular weight is 200 g/mol. The van der Waals surface area contributed by atoms with E-state index in [-0.39, 0.29) is 12.0 Å². The lowest BCUT2D eigenvalue weighted by Crippen LogP contribution is -2.24. The number of hydrogen-bond donors (Lipinski definition) is 1. The number of rotatable bonds is 4. The molecule has 1 fully saturated rings. The lowest BCUT2D eigenvalue weighted by atomic mass is 9.82. The van der Waals surface area contributed by atoms with E-state index in [0.29, 0.717) is 5.92 Å². The number of carbonyl (C=O) groups is 1. The third-order valence-corrected chi connectivity index (χ3v) is 2.86. The van der Waals surface area contributed by atoms with Gasteiger partial charge in [-0.25, -0.2) is 0 Å². The van der Waals surface area contributed by atoms with Gasteiger partial charge in [-0.15, -0.1) is 0 Å². The van der Waals surface area contributed by atoms with Crippen molar-refractivity contribution < 1.29 is 14.6 Å². The van der Waals surface area contributed by atoms with Crippen molar-refractivity contribution in [1.82, 2.24) is 0 Å². The van der Waals surface area contributed by atoms with Crippen molar-refractivity contribution in [3.8, 4) is 0 Å². The number of carboxylic acid groups (broad SMARTS) is 1. The van der Waals surface area contributed by atoms with Crippen LogP contribution in [0.4, 0.5) is 0 Å². The minimum absolute atomic E-state index is 0.106. The minimum atomic E-state index is -0.631. The SMILES string of the molecule is CC(C)OC[C@H]1CC[C@H](C(=O)O)CC1. The Hall–Kier alpha value is -0.570. The summed E-state index contributed by atoms with van der Waals surface area (Å²) in [6, 6.07) is 0. The van der Waals surface area contributed by atoms with Crippen molar-refractivity contribution in [2.24, 2.45) is 11.8 Å². The Kier molecular flexibility index (Phi) is 4.39. The molecule has 0 spiro atoms. The van der Waals surface area contributed by atoms with Crippen molar-refractivity contribution in [2.75, 3.05) is 6.61 Å². The lowest BCUT2D eigenvalue weighted by Gasteiger charge is -2.26. The molecule has 0 atom stereocenters. The van der Waals surface area contributed by atoms with E-state index in [2.05, 4.69) is 0 Å². The van der Waals surface area contributed by atoms with Crippen LogP contribution in [0.5, 0.6) is 0 Å². The number of hydrogen-bond acceptors (Lipinski definition) is 2. The topological polar surface area (TPSA) is 46.5 Å². The van der Waals surface area contributed by atoms with E-state index in [0.717, 1.165) is 32.3 Å². The van der Waals surface area contributed by atoms with E-state index in [1.807, 2.05) is 13.8 Å². The molecule has 0 aromatic heterocycles. The first-order chi connectivity index (χ1) is 6.59. The number of ether oxygens (including phenoxy) is 1. The molecule has 0 bridgehead atoms. The molecule has 14 heavy (non-hydrogen) atoms. The maximum absolute atomic E-state index is 10.7. The fourth-order valence-electron chi connectivity index (χ4n) is 1.90. The predicted octanol–water partition coefficient (Wildman–Crippen LogP) is 2.30. The molecule has 3 nitrogen and oxygen atoms in total. The summed E-state index contributed by atoms with van der Waals surface area (Å²) in [5.74, 6) is -0.161. The van der Waals surface area contributed by atoms with Crippen LogP contribution in [0.15, 0.2) is 0 Å². The van der Waals surface area contributed by atoms with Crippen LogP contribution in [-0.2, 0) is 9.53 Å². The second-order valence-electron chi connectivity index (χ2n) is 4.44. The molecule has 0 unspecified atom stereocenters. The molecule has 1 N–H and O–H groups in total. The highest BCUT2D eigenvalue weighted by Gasteiger charge is 2.25. The van der Waals surface area contributed by atoms with Gasteiger partial charge in [-0.1, -0.05) is 0 Å². The standard InChI is InChI=1S/C11H20O3/c1-8(2)14-7-9-3-5-10(6-4-9)11(12)13/h8-10H,3-7H2,1-2H3,(H,12,13)/t9-,10-.